The summed E-state index contributed by atoms with van der Waals surface area (Å²) in [5.41, 5.74) is 0. The van der Waals surface area contributed by atoms with Crippen molar-refractivity contribution in [3.63, 3.8) is 0 Å². The van der Waals surface area contributed by atoms with E-state index in [1.165, 1.54) is 57.8 Å². The van der Waals surface area contributed by atoms with Crippen LogP contribution in [-0.2, 0) is 4.74 Å². The molecule has 0 saturated heterocycles. The summed E-state index contributed by atoms with van der Waals surface area (Å²) < 4.78 is 4.87. The minimum absolute atomic E-state index is 0.0865. The number of hydrogen-bond acceptors (Lipinski definition) is 3. The molecule has 0 fully saturated rings. The van der Waals surface area contributed by atoms with Gasteiger partial charge >= 0.3 is 6.16 Å². The highest BCUT2D eigenvalue weighted by molar-refractivity contribution is 5.57. The molecule has 0 aromatic rings. The predicted molar refractivity (Wildman–Crippen MR) is 113 cm³/mol. The fraction of sp³-hybridized carbons (Fsp3) is 0.783. The van der Waals surface area contributed by atoms with Crippen molar-refractivity contribution < 1.29 is 19.7 Å². The van der Waals surface area contributed by atoms with Gasteiger partial charge in [-0.2, -0.15) is 0 Å². The standard InChI is InChI=1S/C23H42O4/c1-2-3-4-5-6-7-8-9-10-11-12-13-14-15-16-17-19-22(20-18-21-24)27-23(25)26/h6-7,9-10,22,24H,2-5,8,11-21H2,1H3,(H,25,26)/b7-6-,10-9-. The minimum Gasteiger partial charge on any atom is -0.450 e. The zero-order chi connectivity index (χ0) is 20.0. The summed E-state index contributed by atoms with van der Waals surface area (Å²) in [4.78, 5) is 10.7. The third-order valence-electron chi connectivity index (χ3n) is 4.68. The molecule has 158 valence electrons. The molecule has 0 radical (unpaired) electrons. The monoisotopic (exact) mass is 382 g/mol. The molecule has 1 unspecified atom stereocenters. The lowest BCUT2D eigenvalue weighted by Crippen LogP contribution is -2.17. The molecule has 27 heavy (non-hydrogen) atoms. The van der Waals surface area contributed by atoms with Gasteiger partial charge in [0.15, 0.2) is 0 Å². The molecule has 0 amide bonds. The first-order chi connectivity index (χ1) is 13.2. The lowest BCUT2D eigenvalue weighted by molar-refractivity contribution is 0.0403. The Morgan fingerprint density at radius 2 is 1.37 bits per heavy atom. The summed E-state index contributed by atoms with van der Waals surface area (Å²) in [6.45, 7) is 2.32. The van der Waals surface area contributed by atoms with Crippen molar-refractivity contribution in [1.29, 1.82) is 0 Å². The van der Waals surface area contributed by atoms with Gasteiger partial charge in [0.1, 0.15) is 6.10 Å². The maximum Gasteiger partial charge on any atom is 0.506 e. The number of aliphatic hydroxyl groups is 1. The van der Waals surface area contributed by atoms with Gasteiger partial charge in [0, 0.05) is 6.61 Å². The van der Waals surface area contributed by atoms with Crippen LogP contribution in [0.1, 0.15) is 103 Å². The van der Waals surface area contributed by atoms with Crippen molar-refractivity contribution in [2.75, 3.05) is 6.61 Å². The number of hydrogen-bond donors (Lipinski definition) is 2. The maximum atomic E-state index is 10.7. The van der Waals surface area contributed by atoms with Crippen LogP contribution >= 0.6 is 0 Å². The van der Waals surface area contributed by atoms with Gasteiger partial charge < -0.3 is 14.9 Å². The average molecular weight is 383 g/mol. The Kier molecular flexibility index (Phi) is 20.0. The van der Waals surface area contributed by atoms with Crippen LogP contribution in [0.4, 0.5) is 4.79 Å². The van der Waals surface area contributed by atoms with Crippen LogP contribution in [0.15, 0.2) is 24.3 Å². The maximum absolute atomic E-state index is 10.7. The highest BCUT2D eigenvalue weighted by Crippen LogP contribution is 2.14. The smallest absolute Gasteiger partial charge is 0.450 e. The van der Waals surface area contributed by atoms with E-state index < -0.39 is 6.16 Å². The second-order valence-electron chi connectivity index (χ2n) is 7.24. The molecule has 0 heterocycles. The van der Waals surface area contributed by atoms with Crippen LogP contribution < -0.4 is 0 Å². The first-order valence-corrected chi connectivity index (χ1v) is 11.0. The van der Waals surface area contributed by atoms with Crippen LogP contribution in [0, 0.1) is 0 Å². The number of unbranched alkanes of at least 4 members (excludes halogenated alkanes) is 9. The number of carbonyl (C=O) groups is 1. The molecule has 4 nitrogen and oxygen atoms in total. The predicted octanol–water partition coefficient (Wildman–Crippen LogP) is 7.03. The van der Waals surface area contributed by atoms with Gasteiger partial charge in [-0.05, 0) is 57.8 Å². The number of carboxylic acid groups (broad SMARTS) is 1. The SMILES string of the molecule is CCCCC/C=C\C/C=C\CCCCCCCCC(CCCO)OC(=O)O. The van der Waals surface area contributed by atoms with E-state index in [2.05, 4.69) is 31.2 Å². The van der Waals surface area contributed by atoms with Crippen LogP contribution in [0.5, 0.6) is 0 Å². The molecule has 0 aromatic heterocycles. The van der Waals surface area contributed by atoms with E-state index in [1.54, 1.807) is 0 Å². The zero-order valence-corrected chi connectivity index (χ0v) is 17.4. The highest BCUT2D eigenvalue weighted by Gasteiger charge is 2.12. The Morgan fingerprint density at radius 3 is 1.96 bits per heavy atom. The molecule has 4 heteroatoms. The summed E-state index contributed by atoms with van der Waals surface area (Å²) in [5, 5.41) is 17.6. The first-order valence-electron chi connectivity index (χ1n) is 11.0. The summed E-state index contributed by atoms with van der Waals surface area (Å²) in [5.74, 6) is 0. The molecule has 0 aromatic carbocycles. The Labute approximate surface area is 166 Å². The number of allylic oxidation sites excluding steroid dienone is 4. The van der Waals surface area contributed by atoms with Crippen molar-refractivity contribution in [3.05, 3.63) is 24.3 Å². The van der Waals surface area contributed by atoms with Gasteiger partial charge in [-0.1, -0.05) is 69.8 Å². The van der Waals surface area contributed by atoms with Gasteiger partial charge in [-0.25, -0.2) is 4.79 Å². The van der Waals surface area contributed by atoms with E-state index in [0.717, 1.165) is 25.7 Å². The molecular weight excluding hydrogens is 340 g/mol. The Morgan fingerprint density at radius 1 is 0.815 bits per heavy atom. The fourth-order valence-corrected chi connectivity index (χ4v) is 3.08. The quantitative estimate of drug-likeness (QED) is 0.143. The van der Waals surface area contributed by atoms with E-state index in [1.807, 2.05) is 0 Å². The molecule has 0 rings (SSSR count). The van der Waals surface area contributed by atoms with Crippen molar-refractivity contribution in [1.82, 2.24) is 0 Å². The first kappa shape index (κ1) is 25.7. The topological polar surface area (TPSA) is 66.8 Å². The summed E-state index contributed by atoms with van der Waals surface area (Å²) in [7, 11) is 0. The van der Waals surface area contributed by atoms with Crippen LogP contribution in [0.3, 0.4) is 0 Å². The molecule has 0 aliphatic rings. The molecule has 0 spiro atoms. The number of ether oxygens (including phenoxy) is 1. The third-order valence-corrected chi connectivity index (χ3v) is 4.68. The normalized spacial score (nSPS) is 12.8. The number of aliphatic hydroxyl groups excluding tert-OH is 1. The van der Waals surface area contributed by atoms with Crippen LogP contribution in [-0.4, -0.2) is 29.1 Å². The molecule has 0 bridgehead atoms. The van der Waals surface area contributed by atoms with Crippen molar-refractivity contribution in [3.8, 4) is 0 Å². The molecule has 0 aliphatic carbocycles. The highest BCUT2D eigenvalue weighted by atomic mass is 16.7. The third kappa shape index (κ3) is 20.9. The van der Waals surface area contributed by atoms with Gasteiger partial charge in [0.2, 0.25) is 0 Å². The fourth-order valence-electron chi connectivity index (χ4n) is 3.08. The van der Waals surface area contributed by atoms with Crippen molar-refractivity contribution in [2.24, 2.45) is 0 Å². The van der Waals surface area contributed by atoms with Crippen molar-refractivity contribution >= 4 is 6.16 Å². The van der Waals surface area contributed by atoms with Crippen molar-refractivity contribution in [2.45, 2.75) is 109 Å². The largest absolute Gasteiger partial charge is 0.506 e. The molecule has 0 saturated carbocycles. The molecule has 2 N–H and O–H groups in total. The molecule has 1 atom stereocenters. The van der Waals surface area contributed by atoms with Gasteiger partial charge in [-0.15, -0.1) is 0 Å². The van der Waals surface area contributed by atoms with E-state index >= 15 is 0 Å². The summed E-state index contributed by atoms with van der Waals surface area (Å²) >= 11 is 0. The zero-order valence-electron chi connectivity index (χ0n) is 17.4. The van der Waals surface area contributed by atoms with Gasteiger partial charge in [0.25, 0.3) is 0 Å². The van der Waals surface area contributed by atoms with E-state index in [9.17, 15) is 4.79 Å². The lowest BCUT2D eigenvalue weighted by Gasteiger charge is -2.15. The Hall–Kier alpha value is -1.29. The Balaban J connectivity index is 3.45. The second-order valence-corrected chi connectivity index (χ2v) is 7.24. The van der Waals surface area contributed by atoms with E-state index in [4.69, 9.17) is 14.9 Å². The lowest BCUT2D eigenvalue weighted by atomic mass is 10.0. The second kappa shape index (κ2) is 21.0. The molecular formula is C23H42O4. The minimum atomic E-state index is -1.21. The molecule has 0 aliphatic heterocycles. The Bertz CT molecular complexity index is 377. The van der Waals surface area contributed by atoms with Gasteiger partial charge in [0.05, 0.1) is 0 Å². The number of rotatable bonds is 19. The van der Waals surface area contributed by atoms with E-state index in [-0.39, 0.29) is 12.7 Å². The van der Waals surface area contributed by atoms with Crippen LogP contribution in [0.25, 0.3) is 0 Å². The van der Waals surface area contributed by atoms with Gasteiger partial charge in [-0.3, -0.25) is 0 Å². The van der Waals surface area contributed by atoms with E-state index in [0.29, 0.717) is 12.8 Å². The van der Waals surface area contributed by atoms with Crippen LogP contribution in [0.2, 0.25) is 0 Å². The average Bonchev–Trinajstić information content (AvgIpc) is 2.65. The summed E-state index contributed by atoms with van der Waals surface area (Å²) in [6.07, 6.45) is 24.1. The summed E-state index contributed by atoms with van der Waals surface area (Å²) in [6, 6.07) is 0.